The van der Waals surface area contributed by atoms with Crippen LogP contribution in [0, 0.1) is 45.8 Å². The van der Waals surface area contributed by atoms with Crippen molar-refractivity contribution >= 4 is 35.5 Å². The van der Waals surface area contributed by atoms with Gasteiger partial charge in [-0.1, -0.05) is 114 Å². The maximum atomic E-state index is 11.4. The standard InChI is InChI=1S/C22H38O2Si.C22H36OSi.C5H9N2O4P.3CH4/c1-20(2,3)25(6,7)24-18-9-8-12-21(4)17(18)10-11-19(21)22(13-14-22)15-16-23-5;1-8-13-22(15-16-22)19-12-11-17-18(10-9-14-21(17,19)5)23-24(6,7)20(2,3)4;1-4(8)5(7-6)12(9,10-2)11-3;;;/h11,15-18H,8-10,12-14H2,1-7H3;1,12,17-18H,9-11,13-16H2,2-7H3;1-3H3;3*1H4/t2*17?,18-,21-;;;;/m00..../s1. The Morgan fingerprint density at radius 1 is 0.812 bits per heavy atom. The number of nitrogens with zero attached hydrogens (tertiary/aromatic N) is 2. The summed E-state index contributed by atoms with van der Waals surface area (Å²) in [5.41, 5.74) is 12.4. The molecule has 0 aliphatic heterocycles. The molecule has 0 radical (unpaired) electrons. The fourth-order valence-electron chi connectivity index (χ4n) is 10.7. The lowest BCUT2D eigenvalue weighted by molar-refractivity contribution is -0.114. The van der Waals surface area contributed by atoms with Crippen molar-refractivity contribution in [3.05, 3.63) is 41.2 Å². The van der Waals surface area contributed by atoms with Crippen LogP contribution in [0.4, 0.5) is 0 Å². The molecule has 12 heteroatoms. The number of carbonyl (C=O) groups excluding carboxylic acids is 1. The molecule has 0 saturated heterocycles. The molecular formula is C52H95N2O7PSi2. The van der Waals surface area contributed by atoms with Gasteiger partial charge in [-0.25, -0.2) is 4.57 Å². The summed E-state index contributed by atoms with van der Waals surface area (Å²) in [5, 5.41) is 0.575. The summed E-state index contributed by atoms with van der Waals surface area (Å²) in [5.74, 6) is 3.64. The second-order valence-electron chi connectivity index (χ2n) is 22.6. The van der Waals surface area contributed by atoms with E-state index in [1.165, 1.54) is 77.0 Å². The molecule has 0 bridgehead atoms. The minimum absolute atomic E-state index is 0. The predicted octanol–water partition coefficient (Wildman–Crippen LogP) is 15.4. The summed E-state index contributed by atoms with van der Waals surface area (Å²) in [6.07, 6.45) is 32.2. The van der Waals surface area contributed by atoms with Gasteiger partial charge in [-0.2, -0.15) is 4.79 Å². The van der Waals surface area contributed by atoms with Gasteiger partial charge in [-0.3, -0.25) is 4.79 Å². The van der Waals surface area contributed by atoms with Gasteiger partial charge in [0.25, 0.3) is 0 Å². The van der Waals surface area contributed by atoms with E-state index in [-0.39, 0.29) is 32.4 Å². The Morgan fingerprint density at radius 3 is 1.55 bits per heavy atom. The molecular weight excluding hydrogens is 852 g/mol. The number of terminal acetylenes is 1. The number of methoxy groups -OCH3 is 1. The fourth-order valence-corrected chi connectivity index (χ4v) is 14.5. The fraction of sp³-hybridized carbons (Fsp3) is 0.808. The quantitative estimate of drug-likeness (QED) is 0.0264. The molecule has 4 saturated carbocycles. The first-order chi connectivity index (χ1) is 28.1. The van der Waals surface area contributed by atoms with E-state index in [9.17, 15) is 9.36 Å². The highest BCUT2D eigenvalue weighted by Gasteiger charge is 2.60. The Kier molecular flexibility index (Phi) is 20.7. The highest BCUT2D eigenvalue weighted by Crippen LogP contribution is 2.68. The van der Waals surface area contributed by atoms with E-state index in [0.29, 0.717) is 45.7 Å². The lowest BCUT2D eigenvalue weighted by Gasteiger charge is -2.49. The zero-order valence-electron chi connectivity index (χ0n) is 41.1. The number of hydrogen-bond acceptors (Lipinski definition) is 7. The second-order valence-corrected chi connectivity index (χ2v) is 34.2. The van der Waals surface area contributed by atoms with E-state index in [0.717, 1.165) is 27.6 Å². The van der Waals surface area contributed by atoms with Crippen molar-refractivity contribution in [1.82, 2.24) is 0 Å². The first-order valence-corrected chi connectivity index (χ1v) is 30.4. The Morgan fingerprint density at radius 2 is 1.23 bits per heavy atom. The molecule has 6 aliphatic carbocycles. The number of rotatable bonds is 13. The van der Waals surface area contributed by atoms with Gasteiger partial charge >= 0.3 is 13.0 Å². The molecule has 2 unspecified atom stereocenters. The Hall–Kier alpha value is -1.87. The summed E-state index contributed by atoms with van der Waals surface area (Å²) >= 11 is 0. The number of ether oxygens (including phenoxy) is 1. The van der Waals surface area contributed by atoms with Gasteiger partial charge in [0.05, 0.1) is 13.4 Å². The van der Waals surface area contributed by atoms with Gasteiger partial charge in [0.2, 0.25) is 5.78 Å². The average molecular weight is 947 g/mol. The molecule has 0 heterocycles. The Bertz CT molecular complexity index is 1830. The summed E-state index contributed by atoms with van der Waals surface area (Å²) in [6.45, 7) is 29.9. The largest absolute Gasteiger partial charge is 0.505 e. The van der Waals surface area contributed by atoms with Crippen LogP contribution in [0.1, 0.15) is 168 Å². The van der Waals surface area contributed by atoms with E-state index in [1.54, 1.807) is 18.3 Å². The number of Topliss-reactive ketones (excluding diaryl/α,β-unsaturated/α-hetero) is 1. The highest BCUT2D eigenvalue weighted by atomic mass is 31.2. The van der Waals surface area contributed by atoms with Crippen LogP contribution in [0.2, 0.25) is 36.3 Å². The molecule has 64 heavy (non-hydrogen) atoms. The number of allylic oxidation sites excluding steroid dienone is 5. The van der Waals surface area contributed by atoms with Gasteiger partial charge in [0.1, 0.15) is 0 Å². The lowest BCUT2D eigenvalue weighted by Crippen LogP contribution is -2.49. The zero-order chi connectivity index (χ0) is 46.1. The second kappa shape index (κ2) is 22.0. The third-order valence-electron chi connectivity index (χ3n) is 16.7. The van der Waals surface area contributed by atoms with Crippen molar-refractivity contribution in [2.75, 3.05) is 21.3 Å². The van der Waals surface area contributed by atoms with Crippen molar-refractivity contribution in [2.45, 2.75) is 217 Å². The number of hydrogen-bond donors (Lipinski definition) is 0. The monoisotopic (exact) mass is 947 g/mol. The number of carbonyl (C=O) groups is 1. The van der Waals surface area contributed by atoms with Crippen molar-refractivity contribution in [3.8, 4) is 12.3 Å². The van der Waals surface area contributed by atoms with Crippen molar-refractivity contribution < 1.29 is 36.8 Å². The Labute approximate surface area is 395 Å². The molecule has 0 aromatic carbocycles. The molecule has 6 rings (SSSR count). The molecule has 0 N–H and O–H groups in total. The minimum atomic E-state index is -3.70. The molecule has 0 aromatic heterocycles. The molecule has 6 atom stereocenters. The van der Waals surface area contributed by atoms with Gasteiger partial charge < -0.3 is 28.2 Å². The minimum Gasteiger partial charge on any atom is -0.505 e. The summed E-state index contributed by atoms with van der Waals surface area (Å²) in [7, 11) is -3.18. The smallest absolute Gasteiger partial charge is 0.446 e. The van der Waals surface area contributed by atoms with Crippen LogP contribution in [-0.4, -0.2) is 66.2 Å². The third kappa shape index (κ3) is 12.2. The molecule has 0 spiro atoms. The topological polar surface area (TPSA) is 117 Å². The van der Waals surface area contributed by atoms with E-state index >= 15 is 0 Å². The third-order valence-corrected chi connectivity index (χ3v) is 27.5. The van der Waals surface area contributed by atoms with Crippen LogP contribution in [-0.2, 0) is 32.0 Å². The van der Waals surface area contributed by atoms with Crippen LogP contribution < -0.4 is 0 Å². The number of ketones is 1. The highest BCUT2D eigenvalue weighted by molar-refractivity contribution is 7.74. The maximum Gasteiger partial charge on any atom is 0.446 e. The molecule has 0 amide bonds. The first kappa shape index (κ1) is 60.1. The van der Waals surface area contributed by atoms with Gasteiger partial charge in [0.15, 0.2) is 16.6 Å². The zero-order valence-corrected chi connectivity index (χ0v) is 44.0. The lowest BCUT2D eigenvalue weighted by atomic mass is 9.62. The molecule has 0 aromatic rings. The van der Waals surface area contributed by atoms with Gasteiger partial charge in [-0.15, -0.1) is 12.3 Å². The molecule has 4 fully saturated rings. The normalized spacial score (nSPS) is 28.7. The van der Waals surface area contributed by atoms with Gasteiger partial charge in [-0.05, 0) is 129 Å². The first-order valence-electron chi connectivity index (χ1n) is 23.0. The van der Waals surface area contributed by atoms with E-state index in [2.05, 4.69) is 120 Å². The van der Waals surface area contributed by atoms with E-state index in [4.69, 9.17) is 25.5 Å². The summed E-state index contributed by atoms with van der Waals surface area (Å²) in [6, 6.07) is 0. The van der Waals surface area contributed by atoms with Crippen LogP contribution >= 0.6 is 7.60 Å². The Balaban J connectivity index is 0.000000497. The summed E-state index contributed by atoms with van der Waals surface area (Å²) < 4.78 is 39.3. The van der Waals surface area contributed by atoms with Gasteiger partial charge in [0, 0.05) is 50.6 Å². The van der Waals surface area contributed by atoms with E-state index < -0.39 is 35.5 Å². The average Bonchev–Trinajstić information content (AvgIpc) is 4.05. The van der Waals surface area contributed by atoms with Crippen molar-refractivity contribution in [2.24, 2.45) is 33.5 Å². The predicted molar refractivity (Wildman–Crippen MR) is 274 cm³/mol. The van der Waals surface area contributed by atoms with Crippen LogP contribution in [0.3, 0.4) is 0 Å². The van der Waals surface area contributed by atoms with Crippen LogP contribution in [0.5, 0.6) is 0 Å². The number of fused-ring (bicyclic) bond motifs is 2. The van der Waals surface area contributed by atoms with E-state index in [1.807, 2.05) is 6.26 Å². The van der Waals surface area contributed by atoms with Crippen molar-refractivity contribution in [3.63, 3.8) is 0 Å². The molecule has 9 nitrogen and oxygen atoms in total. The van der Waals surface area contributed by atoms with Crippen LogP contribution in [0.25, 0.3) is 5.53 Å². The molecule has 368 valence electrons. The summed E-state index contributed by atoms with van der Waals surface area (Å²) in [4.78, 5) is 13.3. The van der Waals surface area contributed by atoms with Crippen molar-refractivity contribution in [1.29, 1.82) is 0 Å². The molecule has 6 aliphatic rings. The SMILES string of the molecule is C.C.C.C#CCC1(C2=CCC3[C@@H](O[Si](C)(C)C(C)(C)C)CCC[C@]23C)CC1.COC=CC1(C2=CCC3[C@@H](O[Si](C)(C)C(C)(C)C)CCC[C@]23C)CC1.COP(=O)(OC)C(=[N+]=[N-])C(C)=O. The maximum absolute atomic E-state index is 11.4. The van der Waals surface area contributed by atoms with Crippen LogP contribution in [0.15, 0.2) is 35.6 Å².